The monoisotopic (exact) mass is 517 g/mol. The number of nitrogens with zero attached hydrogens (tertiary/aromatic N) is 1. The number of ketones is 1. The second kappa shape index (κ2) is 11.6. The molecule has 1 fully saturated rings. The summed E-state index contributed by atoms with van der Waals surface area (Å²) >= 11 is 0. The second-order valence-corrected chi connectivity index (χ2v) is 8.75. The van der Waals surface area contributed by atoms with Crippen molar-refractivity contribution in [1.82, 2.24) is 0 Å². The fourth-order valence-corrected chi connectivity index (χ4v) is 4.01. The van der Waals surface area contributed by atoms with E-state index in [1.807, 2.05) is 19.1 Å². The largest absolute Gasteiger partial charge is 0.497 e. The molecule has 0 radical (unpaired) electrons. The number of hydrogen-bond acceptors (Lipinski definition) is 8. The van der Waals surface area contributed by atoms with Gasteiger partial charge in [-0.15, -0.1) is 0 Å². The maximum atomic E-state index is 12.6. The highest BCUT2D eigenvalue weighted by atomic mass is 16.5. The van der Waals surface area contributed by atoms with E-state index in [4.69, 9.17) is 18.9 Å². The van der Waals surface area contributed by atoms with E-state index in [0.717, 1.165) is 5.56 Å². The van der Waals surface area contributed by atoms with Gasteiger partial charge in [-0.2, -0.15) is 0 Å². The van der Waals surface area contributed by atoms with Crippen molar-refractivity contribution in [3.8, 4) is 17.2 Å². The number of benzene rings is 3. The van der Waals surface area contributed by atoms with E-state index in [9.17, 15) is 19.2 Å². The van der Waals surface area contributed by atoms with Gasteiger partial charge in [0.2, 0.25) is 5.91 Å². The molecule has 9 heteroatoms. The number of amides is 1. The summed E-state index contributed by atoms with van der Waals surface area (Å²) < 4.78 is 21.2. The third-order valence-corrected chi connectivity index (χ3v) is 6.15. The molecule has 0 spiro atoms. The molecule has 1 saturated heterocycles. The summed E-state index contributed by atoms with van der Waals surface area (Å²) in [6, 6.07) is 18.0. The molecule has 0 aromatic heterocycles. The Labute approximate surface area is 219 Å². The van der Waals surface area contributed by atoms with Gasteiger partial charge in [0, 0.05) is 24.6 Å². The van der Waals surface area contributed by atoms with Crippen LogP contribution in [0.5, 0.6) is 17.2 Å². The average molecular weight is 518 g/mol. The molecule has 1 aliphatic rings. The Morgan fingerprint density at radius 3 is 2.18 bits per heavy atom. The maximum absolute atomic E-state index is 12.6. The normalized spacial score (nSPS) is 14.7. The molecule has 0 aliphatic carbocycles. The molecule has 0 saturated carbocycles. The van der Waals surface area contributed by atoms with Gasteiger partial charge in [0.05, 0.1) is 31.4 Å². The summed E-state index contributed by atoms with van der Waals surface area (Å²) in [5, 5.41) is 0. The molecule has 9 nitrogen and oxygen atoms in total. The minimum absolute atomic E-state index is 0.0472. The van der Waals surface area contributed by atoms with E-state index in [-0.39, 0.29) is 30.2 Å². The molecule has 3 aromatic rings. The molecule has 1 atom stereocenters. The molecule has 3 aromatic carbocycles. The van der Waals surface area contributed by atoms with Gasteiger partial charge >= 0.3 is 11.9 Å². The van der Waals surface area contributed by atoms with Crippen molar-refractivity contribution in [2.75, 3.05) is 32.3 Å². The molecule has 196 valence electrons. The quantitative estimate of drug-likeness (QED) is 0.238. The fourth-order valence-electron chi connectivity index (χ4n) is 4.01. The highest BCUT2D eigenvalue weighted by molar-refractivity contribution is 6.02. The van der Waals surface area contributed by atoms with Gasteiger partial charge < -0.3 is 23.8 Å². The number of esters is 2. The number of aryl methyl sites for hydroxylation is 1. The molecule has 1 heterocycles. The Morgan fingerprint density at radius 2 is 1.53 bits per heavy atom. The van der Waals surface area contributed by atoms with Crippen LogP contribution in [-0.4, -0.2) is 51.0 Å². The number of rotatable bonds is 9. The molecule has 0 unspecified atom stereocenters. The summed E-state index contributed by atoms with van der Waals surface area (Å²) in [7, 11) is 3.00. The van der Waals surface area contributed by atoms with Crippen LogP contribution in [0, 0.1) is 12.8 Å². The van der Waals surface area contributed by atoms with Crippen LogP contribution < -0.4 is 19.1 Å². The summed E-state index contributed by atoms with van der Waals surface area (Å²) in [6.45, 7) is 1.54. The zero-order valence-corrected chi connectivity index (χ0v) is 21.3. The predicted octanol–water partition coefficient (Wildman–Crippen LogP) is 4.01. The van der Waals surface area contributed by atoms with Gasteiger partial charge in [0.15, 0.2) is 12.4 Å². The minimum atomic E-state index is -0.727. The highest BCUT2D eigenvalue weighted by Crippen LogP contribution is 2.36. The number of methoxy groups -OCH3 is 2. The molecule has 0 N–H and O–H groups in total. The smallest absolute Gasteiger partial charge is 0.343 e. The molecule has 4 rings (SSSR count). The first-order valence-corrected chi connectivity index (χ1v) is 11.9. The van der Waals surface area contributed by atoms with E-state index < -0.39 is 30.2 Å². The zero-order chi connectivity index (χ0) is 27.2. The minimum Gasteiger partial charge on any atom is -0.497 e. The fraction of sp³-hybridized carbons (Fsp3) is 0.241. The number of hydrogen-bond donors (Lipinski definition) is 0. The Bertz CT molecular complexity index is 1350. The van der Waals surface area contributed by atoms with Gasteiger partial charge in [-0.05, 0) is 55.5 Å². The highest BCUT2D eigenvalue weighted by Gasteiger charge is 2.37. The summed E-state index contributed by atoms with van der Waals surface area (Å²) in [5.74, 6) is -1.27. The first-order chi connectivity index (χ1) is 18.3. The standard InChI is InChI=1S/C29H27NO8/c1-18-4-6-20(7-5-18)29(34)38-22-10-8-19(9-11-22)25(31)17-37-28(33)21-14-27(32)30(16-21)24-15-23(35-2)12-13-26(24)36-3/h4-13,15,21H,14,16-17H2,1-3H3/t21-/m0/s1. The van der Waals surface area contributed by atoms with Crippen LogP contribution in [0.4, 0.5) is 5.69 Å². The van der Waals surface area contributed by atoms with Crippen LogP contribution in [0.2, 0.25) is 0 Å². The molecule has 1 amide bonds. The first-order valence-electron chi connectivity index (χ1n) is 11.9. The lowest BCUT2D eigenvalue weighted by molar-refractivity contribution is -0.147. The van der Waals surface area contributed by atoms with Crippen molar-refractivity contribution in [3.05, 3.63) is 83.4 Å². The lowest BCUT2D eigenvalue weighted by Crippen LogP contribution is -2.27. The van der Waals surface area contributed by atoms with E-state index in [0.29, 0.717) is 22.7 Å². The van der Waals surface area contributed by atoms with Crippen molar-refractivity contribution in [3.63, 3.8) is 0 Å². The molecular weight excluding hydrogens is 490 g/mol. The third kappa shape index (κ3) is 6.00. The second-order valence-electron chi connectivity index (χ2n) is 8.75. The van der Waals surface area contributed by atoms with Crippen molar-refractivity contribution in [1.29, 1.82) is 0 Å². The SMILES string of the molecule is COc1ccc(OC)c(N2C[C@@H](C(=O)OCC(=O)c3ccc(OC(=O)c4ccc(C)cc4)cc3)CC2=O)c1. The number of Topliss-reactive ketones (excluding diaryl/α,β-unsaturated/α-hetero) is 1. The zero-order valence-electron chi connectivity index (χ0n) is 21.3. The summed E-state index contributed by atoms with van der Waals surface area (Å²) in [5.41, 5.74) is 2.22. The van der Waals surface area contributed by atoms with Crippen LogP contribution in [-0.2, 0) is 14.3 Å². The number of anilines is 1. The van der Waals surface area contributed by atoms with Crippen molar-refractivity contribution in [2.24, 2.45) is 5.92 Å². The number of carbonyl (C=O) groups is 4. The summed E-state index contributed by atoms with van der Waals surface area (Å²) in [4.78, 5) is 51.6. The third-order valence-electron chi connectivity index (χ3n) is 6.15. The van der Waals surface area contributed by atoms with E-state index in [1.54, 1.807) is 30.3 Å². The van der Waals surface area contributed by atoms with Gasteiger partial charge in [-0.3, -0.25) is 14.4 Å². The Balaban J connectivity index is 1.31. The van der Waals surface area contributed by atoms with Crippen LogP contribution in [0.15, 0.2) is 66.7 Å². The van der Waals surface area contributed by atoms with Crippen molar-refractivity contribution in [2.45, 2.75) is 13.3 Å². The molecule has 1 aliphatic heterocycles. The number of ether oxygens (including phenoxy) is 4. The van der Waals surface area contributed by atoms with Gasteiger partial charge in [-0.25, -0.2) is 4.79 Å². The lowest BCUT2D eigenvalue weighted by atomic mass is 10.1. The van der Waals surface area contributed by atoms with E-state index in [1.165, 1.54) is 43.4 Å². The van der Waals surface area contributed by atoms with Gasteiger partial charge in [0.1, 0.15) is 17.2 Å². The van der Waals surface area contributed by atoms with Crippen LogP contribution >= 0.6 is 0 Å². The van der Waals surface area contributed by atoms with E-state index >= 15 is 0 Å². The maximum Gasteiger partial charge on any atom is 0.343 e. The number of carbonyl (C=O) groups excluding carboxylic acids is 4. The first kappa shape index (κ1) is 26.4. The average Bonchev–Trinajstić information content (AvgIpc) is 3.33. The van der Waals surface area contributed by atoms with Crippen molar-refractivity contribution >= 4 is 29.3 Å². The Hall–Kier alpha value is -4.66. The molecule has 0 bridgehead atoms. The van der Waals surface area contributed by atoms with E-state index in [2.05, 4.69) is 0 Å². The summed E-state index contributed by atoms with van der Waals surface area (Å²) in [6.07, 6.45) is -0.0472. The van der Waals surface area contributed by atoms with Crippen molar-refractivity contribution < 1.29 is 38.1 Å². The van der Waals surface area contributed by atoms with Gasteiger partial charge in [0.25, 0.3) is 0 Å². The van der Waals surface area contributed by atoms with Crippen LogP contribution in [0.25, 0.3) is 0 Å². The molecule has 38 heavy (non-hydrogen) atoms. The Kier molecular flexibility index (Phi) is 8.06. The molecular formula is C29H27NO8. The van der Waals surface area contributed by atoms with Crippen LogP contribution in [0.3, 0.4) is 0 Å². The Morgan fingerprint density at radius 1 is 0.868 bits per heavy atom. The predicted molar refractivity (Wildman–Crippen MR) is 138 cm³/mol. The van der Waals surface area contributed by atoms with Gasteiger partial charge in [-0.1, -0.05) is 17.7 Å². The lowest BCUT2D eigenvalue weighted by Gasteiger charge is -2.20. The van der Waals surface area contributed by atoms with Crippen LogP contribution in [0.1, 0.15) is 32.7 Å². The topological polar surface area (TPSA) is 108 Å².